The summed E-state index contributed by atoms with van der Waals surface area (Å²) in [6, 6.07) is 23.7. The van der Waals surface area contributed by atoms with Crippen LogP contribution < -0.4 is 4.74 Å². The molecule has 24 heavy (non-hydrogen) atoms. The number of hydrogen-bond donors (Lipinski definition) is 0. The van der Waals surface area contributed by atoms with Crippen LogP contribution in [0.25, 0.3) is 0 Å². The Labute approximate surface area is 147 Å². The van der Waals surface area contributed by atoms with E-state index in [0.717, 1.165) is 27.6 Å². The summed E-state index contributed by atoms with van der Waals surface area (Å²) in [5.41, 5.74) is 4.16. The van der Waals surface area contributed by atoms with Gasteiger partial charge in [-0.05, 0) is 60.5 Å². The van der Waals surface area contributed by atoms with Crippen molar-refractivity contribution in [2.45, 2.75) is 13.5 Å². The highest BCUT2D eigenvalue weighted by atomic mass is 35.5. The van der Waals surface area contributed by atoms with E-state index < -0.39 is 0 Å². The Balaban J connectivity index is 1.62. The van der Waals surface area contributed by atoms with E-state index in [4.69, 9.17) is 16.3 Å². The van der Waals surface area contributed by atoms with Crippen LogP contribution in [0.2, 0.25) is 5.02 Å². The van der Waals surface area contributed by atoms with Gasteiger partial charge in [0.1, 0.15) is 12.4 Å². The van der Waals surface area contributed by atoms with Gasteiger partial charge in [0.25, 0.3) is 0 Å². The summed E-state index contributed by atoms with van der Waals surface area (Å²) in [4.78, 5) is 4.49. The Hall–Kier alpha value is -2.58. The van der Waals surface area contributed by atoms with Crippen molar-refractivity contribution >= 4 is 23.5 Å². The molecule has 3 rings (SSSR count). The van der Waals surface area contributed by atoms with Gasteiger partial charge in [0, 0.05) is 16.8 Å². The predicted octanol–water partition coefficient (Wildman–Crippen LogP) is 5.98. The summed E-state index contributed by atoms with van der Waals surface area (Å²) in [6.45, 7) is 2.51. The maximum atomic E-state index is 6.13. The highest BCUT2D eigenvalue weighted by Crippen LogP contribution is 2.19. The van der Waals surface area contributed by atoms with E-state index in [0.29, 0.717) is 6.61 Å². The largest absolute Gasteiger partial charge is 0.489 e. The molecule has 0 saturated heterocycles. The normalized spacial score (nSPS) is 10.9. The second-order valence-electron chi connectivity index (χ2n) is 5.55. The van der Waals surface area contributed by atoms with Gasteiger partial charge in [-0.3, -0.25) is 4.99 Å². The number of rotatable bonds is 5. The number of halogens is 1. The highest BCUT2D eigenvalue weighted by Gasteiger charge is 2.00. The minimum atomic E-state index is 0.455. The highest BCUT2D eigenvalue weighted by molar-refractivity contribution is 6.31. The van der Waals surface area contributed by atoms with Crippen molar-refractivity contribution in [3.05, 3.63) is 94.5 Å². The molecule has 3 heteroatoms. The Morgan fingerprint density at radius 1 is 0.958 bits per heavy atom. The first-order chi connectivity index (χ1) is 11.7. The molecule has 0 amide bonds. The van der Waals surface area contributed by atoms with Crippen LogP contribution in [-0.2, 0) is 6.61 Å². The average molecular weight is 336 g/mol. The number of nitrogens with zero attached hydrogens (tertiary/aromatic N) is 1. The topological polar surface area (TPSA) is 21.6 Å². The zero-order chi connectivity index (χ0) is 16.8. The average Bonchev–Trinajstić information content (AvgIpc) is 2.60. The van der Waals surface area contributed by atoms with Crippen molar-refractivity contribution in [1.82, 2.24) is 0 Å². The van der Waals surface area contributed by atoms with E-state index in [1.54, 1.807) is 0 Å². The van der Waals surface area contributed by atoms with Crippen LogP contribution in [0.15, 0.2) is 77.8 Å². The number of aryl methyl sites for hydroxylation is 1. The lowest BCUT2D eigenvalue weighted by molar-refractivity contribution is 0.306. The molecule has 0 spiro atoms. The maximum absolute atomic E-state index is 6.13. The first kappa shape index (κ1) is 16.3. The molecule has 0 radical (unpaired) electrons. The summed E-state index contributed by atoms with van der Waals surface area (Å²) in [7, 11) is 0. The van der Waals surface area contributed by atoms with E-state index in [-0.39, 0.29) is 0 Å². The van der Waals surface area contributed by atoms with E-state index >= 15 is 0 Å². The summed E-state index contributed by atoms with van der Waals surface area (Å²) < 4.78 is 5.78. The second-order valence-corrected chi connectivity index (χ2v) is 5.95. The van der Waals surface area contributed by atoms with Gasteiger partial charge < -0.3 is 4.74 Å². The van der Waals surface area contributed by atoms with Crippen LogP contribution in [0.1, 0.15) is 16.7 Å². The molecule has 0 aliphatic carbocycles. The van der Waals surface area contributed by atoms with E-state index in [1.807, 2.05) is 66.9 Å². The Morgan fingerprint density at radius 2 is 1.75 bits per heavy atom. The smallest absolute Gasteiger partial charge is 0.119 e. The van der Waals surface area contributed by atoms with Crippen molar-refractivity contribution in [3.8, 4) is 5.75 Å². The van der Waals surface area contributed by atoms with Crippen LogP contribution in [0.5, 0.6) is 5.75 Å². The zero-order valence-electron chi connectivity index (χ0n) is 13.4. The summed E-state index contributed by atoms with van der Waals surface area (Å²) >= 11 is 6.13. The molecule has 0 aliphatic heterocycles. The van der Waals surface area contributed by atoms with Crippen LogP contribution in [0, 0.1) is 6.92 Å². The Kier molecular flexibility index (Phi) is 5.29. The van der Waals surface area contributed by atoms with Crippen molar-refractivity contribution in [1.29, 1.82) is 0 Å². The van der Waals surface area contributed by atoms with Crippen molar-refractivity contribution in [3.63, 3.8) is 0 Å². The standard InChI is InChI=1S/C21H18ClNO/c1-16-5-4-7-19(13-16)23-14-17-9-11-20(12-10-17)24-15-18-6-2-3-8-21(18)22/h2-14H,15H2,1H3. The van der Waals surface area contributed by atoms with E-state index in [9.17, 15) is 0 Å². The van der Waals surface area contributed by atoms with Crippen LogP contribution in [0.3, 0.4) is 0 Å². The molecule has 120 valence electrons. The van der Waals surface area contributed by atoms with Gasteiger partial charge in [-0.25, -0.2) is 0 Å². The third-order valence-corrected chi connectivity index (χ3v) is 3.97. The van der Waals surface area contributed by atoms with Gasteiger partial charge >= 0.3 is 0 Å². The monoisotopic (exact) mass is 335 g/mol. The molecule has 0 saturated carbocycles. The maximum Gasteiger partial charge on any atom is 0.119 e. The number of hydrogen-bond acceptors (Lipinski definition) is 2. The van der Waals surface area contributed by atoms with Crippen molar-refractivity contribution in [2.24, 2.45) is 4.99 Å². The van der Waals surface area contributed by atoms with E-state index in [1.165, 1.54) is 5.56 Å². The number of benzene rings is 3. The van der Waals surface area contributed by atoms with Gasteiger partial charge in [-0.15, -0.1) is 0 Å². The molecule has 0 atom stereocenters. The predicted molar refractivity (Wildman–Crippen MR) is 101 cm³/mol. The van der Waals surface area contributed by atoms with Crippen LogP contribution >= 0.6 is 11.6 Å². The summed E-state index contributed by atoms with van der Waals surface area (Å²) in [5.74, 6) is 0.808. The third kappa shape index (κ3) is 4.46. The fraction of sp³-hybridized carbons (Fsp3) is 0.0952. The molecule has 0 fully saturated rings. The minimum absolute atomic E-state index is 0.455. The SMILES string of the molecule is Cc1cccc(N=Cc2ccc(OCc3ccccc3Cl)cc2)c1. The molecular formula is C21H18ClNO. The summed E-state index contributed by atoms with van der Waals surface area (Å²) in [5, 5.41) is 0.722. The fourth-order valence-corrected chi connectivity index (χ4v) is 2.47. The first-order valence-corrected chi connectivity index (χ1v) is 8.15. The second kappa shape index (κ2) is 7.80. The van der Waals surface area contributed by atoms with Gasteiger partial charge in [-0.2, -0.15) is 0 Å². The number of ether oxygens (including phenoxy) is 1. The molecular weight excluding hydrogens is 318 g/mol. The van der Waals surface area contributed by atoms with Crippen LogP contribution in [-0.4, -0.2) is 6.21 Å². The minimum Gasteiger partial charge on any atom is -0.489 e. The van der Waals surface area contributed by atoms with Crippen molar-refractivity contribution in [2.75, 3.05) is 0 Å². The van der Waals surface area contributed by atoms with Gasteiger partial charge in [0.2, 0.25) is 0 Å². The lowest BCUT2D eigenvalue weighted by Crippen LogP contribution is -1.96. The number of aliphatic imine (C=N–C) groups is 1. The van der Waals surface area contributed by atoms with Crippen LogP contribution in [0.4, 0.5) is 5.69 Å². The molecule has 3 aromatic carbocycles. The molecule has 0 N–H and O–H groups in total. The molecule has 3 aromatic rings. The third-order valence-electron chi connectivity index (χ3n) is 3.60. The fourth-order valence-electron chi connectivity index (χ4n) is 2.28. The Bertz CT molecular complexity index is 840. The quantitative estimate of drug-likeness (QED) is 0.526. The lowest BCUT2D eigenvalue weighted by atomic mass is 10.2. The van der Waals surface area contributed by atoms with Gasteiger partial charge in [0.15, 0.2) is 0 Å². The molecule has 0 aromatic heterocycles. The Morgan fingerprint density at radius 3 is 2.50 bits per heavy atom. The van der Waals surface area contributed by atoms with Crippen molar-refractivity contribution < 1.29 is 4.74 Å². The molecule has 0 unspecified atom stereocenters. The first-order valence-electron chi connectivity index (χ1n) is 7.78. The van der Waals surface area contributed by atoms with Gasteiger partial charge in [0.05, 0.1) is 5.69 Å². The lowest BCUT2D eigenvalue weighted by Gasteiger charge is -2.07. The molecule has 0 heterocycles. The molecule has 0 aliphatic rings. The summed E-state index contributed by atoms with van der Waals surface area (Å²) in [6.07, 6.45) is 1.85. The van der Waals surface area contributed by atoms with Gasteiger partial charge in [-0.1, -0.05) is 41.9 Å². The molecule has 0 bridgehead atoms. The van der Waals surface area contributed by atoms with E-state index in [2.05, 4.69) is 24.0 Å². The molecule has 2 nitrogen and oxygen atoms in total. The zero-order valence-corrected chi connectivity index (χ0v) is 14.2.